The Balaban J connectivity index is 0.00000512. The Morgan fingerprint density at radius 2 is 1.50 bits per heavy atom. The van der Waals surface area contributed by atoms with E-state index in [4.69, 9.17) is 14.2 Å². The third kappa shape index (κ3) is 8.17. The molecule has 0 amide bonds. The van der Waals surface area contributed by atoms with Gasteiger partial charge in [0.05, 0.1) is 27.9 Å². The molecule has 2 aromatic carbocycles. The van der Waals surface area contributed by atoms with E-state index in [2.05, 4.69) is 20.4 Å². The van der Waals surface area contributed by atoms with Crippen LogP contribution >= 0.6 is 24.0 Å². The van der Waals surface area contributed by atoms with Crippen molar-refractivity contribution >= 4 is 29.9 Å². The van der Waals surface area contributed by atoms with Crippen LogP contribution in [-0.4, -0.2) is 40.2 Å². The molecule has 0 aromatic heterocycles. The molecule has 0 bridgehead atoms. The van der Waals surface area contributed by atoms with Crippen LogP contribution in [0.25, 0.3) is 0 Å². The van der Waals surface area contributed by atoms with Crippen molar-refractivity contribution in [2.45, 2.75) is 26.4 Å². The molecule has 178 valence electrons. The Bertz CT molecular complexity index is 895. The average molecular weight is 569 g/mol. The second kappa shape index (κ2) is 13.1. The van der Waals surface area contributed by atoms with Gasteiger partial charge in [-0.05, 0) is 19.1 Å². The molecule has 11 heteroatoms. The molecule has 0 saturated carbocycles. The first-order chi connectivity index (χ1) is 14.8. The number of alkyl halides is 3. The summed E-state index contributed by atoms with van der Waals surface area (Å²) in [5.41, 5.74) is 1.09. The lowest BCUT2D eigenvalue weighted by Crippen LogP contribution is -2.37. The maximum atomic E-state index is 12.6. The average Bonchev–Trinajstić information content (AvgIpc) is 2.74. The summed E-state index contributed by atoms with van der Waals surface area (Å²) in [6.07, 6.45) is -4.77. The Hall–Kier alpha value is -2.57. The molecule has 0 atom stereocenters. The fourth-order valence-corrected chi connectivity index (χ4v) is 2.78. The predicted octanol–water partition coefficient (Wildman–Crippen LogP) is 4.48. The van der Waals surface area contributed by atoms with Crippen LogP contribution in [-0.2, 0) is 13.1 Å². The van der Waals surface area contributed by atoms with Crippen LogP contribution < -0.4 is 29.6 Å². The third-order valence-electron chi connectivity index (χ3n) is 4.18. The van der Waals surface area contributed by atoms with Gasteiger partial charge < -0.3 is 29.6 Å². The predicted molar refractivity (Wildman–Crippen MR) is 126 cm³/mol. The molecule has 0 aliphatic rings. The van der Waals surface area contributed by atoms with Gasteiger partial charge in [-0.15, -0.1) is 37.1 Å². The molecule has 0 aliphatic carbocycles. The first-order valence-electron chi connectivity index (χ1n) is 9.46. The summed E-state index contributed by atoms with van der Waals surface area (Å²) in [4.78, 5) is 4.50. The molecule has 0 heterocycles. The Labute approximate surface area is 202 Å². The molecular weight excluding hydrogens is 542 g/mol. The number of benzene rings is 2. The van der Waals surface area contributed by atoms with Gasteiger partial charge in [0.25, 0.3) is 0 Å². The molecule has 2 aromatic rings. The normalized spacial score (nSPS) is 11.3. The van der Waals surface area contributed by atoms with Gasteiger partial charge in [-0.25, -0.2) is 4.99 Å². The van der Waals surface area contributed by atoms with Crippen molar-refractivity contribution in [3.63, 3.8) is 0 Å². The Morgan fingerprint density at radius 3 is 2.09 bits per heavy atom. The van der Waals surface area contributed by atoms with Crippen LogP contribution in [0.2, 0.25) is 0 Å². The fourth-order valence-electron chi connectivity index (χ4n) is 2.78. The number of ether oxygens (including phenoxy) is 4. The molecular formula is C21H27F3IN3O4. The van der Waals surface area contributed by atoms with Crippen molar-refractivity contribution in [2.75, 3.05) is 27.9 Å². The minimum absolute atomic E-state index is 0. The van der Waals surface area contributed by atoms with E-state index >= 15 is 0 Å². The van der Waals surface area contributed by atoms with Crippen LogP contribution in [0.1, 0.15) is 18.1 Å². The Kier molecular flexibility index (Phi) is 11.2. The number of rotatable bonds is 9. The van der Waals surface area contributed by atoms with Crippen LogP contribution in [0, 0.1) is 0 Å². The molecule has 0 radical (unpaired) electrons. The lowest BCUT2D eigenvalue weighted by molar-refractivity contribution is -0.274. The van der Waals surface area contributed by atoms with Gasteiger partial charge in [0, 0.05) is 30.3 Å². The van der Waals surface area contributed by atoms with Gasteiger partial charge in [-0.3, -0.25) is 0 Å². The second-order valence-electron chi connectivity index (χ2n) is 6.22. The molecule has 2 N–H and O–H groups in total. The van der Waals surface area contributed by atoms with Crippen LogP contribution in [0.4, 0.5) is 13.2 Å². The smallest absolute Gasteiger partial charge is 0.496 e. The van der Waals surface area contributed by atoms with E-state index in [1.165, 1.54) is 33.5 Å². The van der Waals surface area contributed by atoms with Crippen molar-refractivity contribution in [1.29, 1.82) is 0 Å². The highest BCUT2D eigenvalue weighted by atomic mass is 127. The minimum atomic E-state index is -4.77. The lowest BCUT2D eigenvalue weighted by atomic mass is 10.1. The lowest BCUT2D eigenvalue weighted by Gasteiger charge is -2.16. The van der Waals surface area contributed by atoms with E-state index < -0.39 is 6.36 Å². The van der Waals surface area contributed by atoms with Crippen LogP contribution in [0.5, 0.6) is 23.0 Å². The zero-order valence-corrected chi connectivity index (χ0v) is 20.5. The van der Waals surface area contributed by atoms with E-state index in [0.717, 1.165) is 5.56 Å². The standard InChI is InChI=1S/C21H26F3N3O4.HI/c1-5-25-20(26-12-14-8-6-7-9-16(14)31-21(22,23)24)27-13-15-10-18(29-3)19(30-4)11-17(15)28-2;/h6-11H,5,12-13H2,1-4H3,(H2,25,26,27);1H. The van der Waals surface area contributed by atoms with Gasteiger partial charge in [0.15, 0.2) is 17.5 Å². The second-order valence-corrected chi connectivity index (χ2v) is 6.22. The molecule has 0 spiro atoms. The molecule has 2 rings (SSSR count). The highest BCUT2D eigenvalue weighted by Gasteiger charge is 2.31. The molecule has 32 heavy (non-hydrogen) atoms. The largest absolute Gasteiger partial charge is 0.573 e. The van der Waals surface area contributed by atoms with E-state index in [0.29, 0.717) is 35.3 Å². The SMILES string of the molecule is CCNC(=NCc1cc(OC)c(OC)cc1OC)NCc1ccccc1OC(F)(F)F.I. The molecule has 0 aliphatic heterocycles. The summed E-state index contributed by atoms with van der Waals surface area (Å²) in [6, 6.07) is 9.40. The fraction of sp³-hybridized carbons (Fsp3) is 0.381. The van der Waals surface area contributed by atoms with Crippen molar-refractivity contribution in [3.05, 3.63) is 47.5 Å². The summed E-state index contributed by atoms with van der Waals surface area (Å²) in [7, 11) is 4.60. The number of halogens is 4. The number of methoxy groups -OCH3 is 3. The van der Waals surface area contributed by atoms with Gasteiger partial charge in [-0.1, -0.05) is 18.2 Å². The zero-order valence-electron chi connectivity index (χ0n) is 18.2. The topological polar surface area (TPSA) is 73.3 Å². The molecule has 0 saturated heterocycles. The van der Waals surface area contributed by atoms with Gasteiger partial charge in [0.2, 0.25) is 0 Å². The summed E-state index contributed by atoms with van der Waals surface area (Å²) >= 11 is 0. The highest BCUT2D eigenvalue weighted by Crippen LogP contribution is 2.35. The van der Waals surface area contributed by atoms with E-state index in [-0.39, 0.29) is 42.8 Å². The number of nitrogens with zero attached hydrogens (tertiary/aromatic N) is 1. The van der Waals surface area contributed by atoms with Crippen LogP contribution in [0.15, 0.2) is 41.4 Å². The Morgan fingerprint density at radius 1 is 0.875 bits per heavy atom. The zero-order chi connectivity index (χ0) is 22.9. The van der Waals surface area contributed by atoms with E-state index in [1.807, 2.05) is 6.92 Å². The number of para-hydroxylation sites is 1. The van der Waals surface area contributed by atoms with E-state index in [9.17, 15) is 13.2 Å². The van der Waals surface area contributed by atoms with Crippen molar-refractivity contribution in [2.24, 2.45) is 4.99 Å². The van der Waals surface area contributed by atoms with Gasteiger partial charge in [0.1, 0.15) is 11.5 Å². The number of hydrogen-bond donors (Lipinski definition) is 2. The maximum Gasteiger partial charge on any atom is 0.573 e. The van der Waals surface area contributed by atoms with Crippen LogP contribution in [0.3, 0.4) is 0 Å². The minimum Gasteiger partial charge on any atom is -0.496 e. The third-order valence-corrected chi connectivity index (χ3v) is 4.18. The van der Waals surface area contributed by atoms with Gasteiger partial charge in [-0.2, -0.15) is 0 Å². The summed E-state index contributed by atoms with van der Waals surface area (Å²) < 4.78 is 58.0. The summed E-state index contributed by atoms with van der Waals surface area (Å²) in [6.45, 7) is 2.77. The molecule has 7 nitrogen and oxygen atoms in total. The molecule has 0 unspecified atom stereocenters. The first-order valence-corrected chi connectivity index (χ1v) is 9.46. The quantitative estimate of drug-likeness (QED) is 0.264. The summed E-state index contributed by atoms with van der Waals surface area (Å²) in [5, 5.41) is 6.08. The maximum absolute atomic E-state index is 12.6. The highest BCUT2D eigenvalue weighted by molar-refractivity contribution is 14.0. The van der Waals surface area contributed by atoms with Crippen molar-refractivity contribution < 1.29 is 32.1 Å². The van der Waals surface area contributed by atoms with Gasteiger partial charge >= 0.3 is 6.36 Å². The first kappa shape index (κ1) is 27.5. The van der Waals surface area contributed by atoms with Crippen molar-refractivity contribution in [3.8, 4) is 23.0 Å². The number of guanidine groups is 1. The molecule has 0 fully saturated rings. The number of nitrogens with one attached hydrogen (secondary N) is 2. The monoisotopic (exact) mass is 569 g/mol. The van der Waals surface area contributed by atoms with Crippen molar-refractivity contribution in [1.82, 2.24) is 10.6 Å². The number of hydrogen-bond acceptors (Lipinski definition) is 5. The summed E-state index contributed by atoms with van der Waals surface area (Å²) in [5.74, 6) is 1.78. The number of aliphatic imine (C=N–C) groups is 1. The van der Waals surface area contributed by atoms with E-state index in [1.54, 1.807) is 24.3 Å².